The third-order valence-electron chi connectivity index (χ3n) is 5.68. The fourth-order valence-electron chi connectivity index (χ4n) is 3.53. The second-order valence-electron chi connectivity index (χ2n) is 7.00. The highest BCUT2D eigenvalue weighted by Gasteiger charge is 2.67. The lowest BCUT2D eigenvalue weighted by Crippen LogP contribution is -2.08. The Labute approximate surface area is 116 Å². The number of rotatable bonds is 3. The predicted molar refractivity (Wildman–Crippen MR) is 78.5 cm³/mol. The van der Waals surface area contributed by atoms with Crippen LogP contribution in [-0.4, -0.2) is 12.2 Å². The van der Waals surface area contributed by atoms with Crippen LogP contribution in [0.15, 0.2) is 12.1 Å². The molecule has 0 spiro atoms. The van der Waals surface area contributed by atoms with Crippen LogP contribution in [0.25, 0.3) is 0 Å². The summed E-state index contributed by atoms with van der Waals surface area (Å²) in [6, 6.07) is 4.08. The molecule has 1 saturated carbocycles. The molecule has 1 fully saturated rings. The smallest absolute Gasteiger partial charge is 0.127 e. The van der Waals surface area contributed by atoms with Gasteiger partial charge in [-0.1, -0.05) is 39.8 Å². The molecule has 0 saturated heterocycles. The van der Waals surface area contributed by atoms with Gasteiger partial charge in [0.15, 0.2) is 0 Å². The number of benzene rings is 1. The van der Waals surface area contributed by atoms with Crippen molar-refractivity contribution in [1.29, 1.82) is 0 Å². The van der Waals surface area contributed by atoms with Gasteiger partial charge in [0.2, 0.25) is 0 Å². The molecule has 0 aromatic heterocycles. The molecule has 2 rings (SSSR count). The van der Waals surface area contributed by atoms with E-state index < -0.39 is 6.10 Å². The lowest BCUT2D eigenvalue weighted by molar-refractivity contribution is 0.127. The molecule has 106 valence electrons. The highest BCUT2D eigenvalue weighted by Crippen LogP contribution is 2.72. The number of hydrogen-bond donors (Lipinski definition) is 1. The number of aryl methyl sites for hydroxylation is 1. The van der Waals surface area contributed by atoms with Crippen molar-refractivity contribution in [2.24, 2.45) is 16.7 Å². The fraction of sp³-hybridized carbons (Fsp3) is 0.647. The molecular formula is C17H26O2. The third-order valence-corrected chi connectivity index (χ3v) is 5.68. The van der Waals surface area contributed by atoms with Gasteiger partial charge in [-0.25, -0.2) is 0 Å². The van der Waals surface area contributed by atoms with E-state index in [-0.39, 0.29) is 16.7 Å². The van der Waals surface area contributed by atoms with E-state index in [0.29, 0.717) is 0 Å². The maximum atomic E-state index is 10.8. The summed E-state index contributed by atoms with van der Waals surface area (Å²) in [5.41, 5.74) is 3.57. The summed E-state index contributed by atoms with van der Waals surface area (Å²) in [6.45, 7) is 13.0. The number of hydrogen-bond acceptors (Lipinski definition) is 2. The number of methoxy groups -OCH3 is 1. The Bertz CT molecular complexity index is 486. The van der Waals surface area contributed by atoms with E-state index in [1.54, 1.807) is 7.11 Å². The van der Waals surface area contributed by atoms with Gasteiger partial charge in [0.05, 0.1) is 13.2 Å². The molecule has 2 nitrogen and oxygen atoms in total. The van der Waals surface area contributed by atoms with Gasteiger partial charge in [0.1, 0.15) is 5.75 Å². The van der Waals surface area contributed by atoms with E-state index >= 15 is 0 Å². The molecular weight excluding hydrogens is 236 g/mol. The second-order valence-corrected chi connectivity index (χ2v) is 7.00. The fourth-order valence-corrected chi connectivity index (χ4v) is 3.53. The summed E-state index contributed by atoms with van der Waals surface area (Å²) in [5.74, 6) is 1.11. The summed E-state index contributed by atoms with van der Waals surface area (Å²) in [4.78, 5) is 0. The highest BCUT2D eigenvalue weighted by atomic mass is 16.5. The highest BCUT2D eigenvalue weighted by molar-refractivity contribution is 5.47. The topological polar surface area (TPSA) is 29.5 Å². The van der Waals surface area contributed by atoms with Crippen molar-refractivity contribution in [2.75, 3.05) is 7.11 Å². The molecule has 1 unspecified atom stereocenters. The van der Waals surface area contributed by atoms with E-state index in [9.17, 15) is 5.11 Å². The summed E-state index contributed by atoms with van der Waals surface area (Å²) in [7, 11) is 1.68. The van der Waals surface area contributed by atoms with Crippen LogP contribution in [0, 0.1) is 30.6 Å². The van der Waals surface area contributed by atoms with Crippen LogP contribution in [0.2, 0.25) is 0 Å². The average molecular weight is 262 g/mol. The standard InChI is InChI=1S/C17H26O2/c1-10-8-9-12(14(19-7)11(10)2)13(18)15-16(3,4)17(15,5)6/h8-9,13,15,18H,1-7H3. The lowest BCUT2D eigenvalue weighted by Gasteiger charge is -2.19. The molecule has 1 aliphatic carbocycles. The van der Waals surface area contributed by atoms with Crippen molar-refractivity contribution in [3.8, 4) is 5.75 Å². The Balaban J connectivity index is 2.42. The molecule has 0 amide bonds. The van der Waals surface area contributed by atoms with Crippen molar-refractivity contribution in [2.45, 2.75) is 47.6 Å². The zero-order valence-electron chi connectivity index (χ0n) is 13.2. The SMILES string of the molecule is COc1c(C(O)C2C(C)(C)C2(C)C)ccc(C)c1C. The Hall–Kier alpha value is -1.02. The van der Waals surface area contributed by atoms with Crippen LogP contribution in [0.5, 0.6) is 5.75 Å². The third kappa shape index (κ3) is 1.88. The molecule has 0 bridgehead atoms. The second kappa shape index (κ2) is 4.24. The molecule has 1 atom stereocenters. The van der Waals surface area contributed by atoms with E-state index in [1.807, 2.05) is 13.0 Å². The van der Waals surface area contributed by atoms with Gasteiger partial charge in [-0.3, -0.25) is 0 Å². The van der Waals surface area contributed by atoms with Crippen LogP contribution < -0.4 is 4.74 Å². The van der Waals surface area contributed by atoms with Crippen LogP contribution >= 0.6 is 0 Å². The van der Waals surface area contributed by atoms with Crippen LogP contribution in [0.1, 0.15) is 50.5 Å². The zero-order chi connectivity index (χ0) is 14.6. The average Bonchev–Trinajstić information content (AvgIpc) is 2.72. The van der Waals surface area contributed by atoms with E-state index in [4.69, 9.17) is 4.74 Å². The molecule has 2 heteroatoms. The summed E-state index contributed by atoms with van der Waals surface area (Å²) in [6.07, 6.45) is -0.459. The van der Waals surface area contributed by atoms with Crippen LogP contribution in [0.3, 0.4) is 0 Å². The Morgan fingerprint density at radius 1 is 1.11 bits per heavy atom. The largest absolute Gasteiger partial charge is 0.496 e. The molecule has 1 aromatic rings. The number of aliphatic hydroxyl groups is 1. The Morgan fingerprint density at radius 3 is 2.05 bits per heavy atom. The monoisotopic (exact) mass is 262 g/mol. The van der Waals surface area contributed by atoms with E-state index in [0.717, 1.165) is 16.9 Å². The Kier molecular flexibility index (Phi) is 3.21. The summed E-state index contributed by atoms with van der Waals surface area (Å²) in [5, 5.41) is 10.8. The summed E-state index contributed by atoms with van der Waals surface area (Å²) >= 11 is 0. The Morgan fingerprint density at radius 2 is 1.63 bits per heavy atom. The van der Waals surface area contributed by atoms with Crippen molar-refractivity contribution in [3.63, 3.8) is 0 Å². The van der Waals surface area contributed by atoms with E-state index in [1.165, 1.54) is 5.56 Å². The first-order valence-electron chi connectivity index (χ1n) is 6.98. The number of aliphatic hydroxyl groups excluding tert-OH is 1. The normalized spacial score (nSPS) is 22.1. The molecule has 19 heavy (non-hydrogen) atoms. The molecule has 1 aliphatic rings. The van der Waals surface area contributed by atoms with E-state index in [2.05, 4.69) is 40.7 Å². The van der Waals surface area contributed by atoms with Gasteiger partial charge in [0.25, 0.3) is 0 Å². The van der Waals surface area contributed by atoms with Gasteiger partial charge in [-0.05, 0) is 35.8 Å². The first-order valence-corrected chi connectivity index (χ1v) is 6.98. The minimum atomic E-state index is -0.459. The van der Waals surface area contributed by atoms with Crippen molar-refractivity contribution >= 4 is 0 Å². The van der Waals surface area contributed by atoms with Crippen LogP contribution in [0.4, 0.5) is 0 Å². The summed E-state index contributed by atoms with van der Waals surface area (Å²) < 4.78 is 5.53. The van der Waals surface area contributed by atoms with Crippen LogP contribution in [-0.2, 0) is 0 Å². The van der Waals surface area contributed by atoms with Gasteiger partial charge in [-0.2, -0.15) is 0 Å². The maximum Gasteiger partial charge on any atom is 0.127 e. The van der Waals surface area contributed by atoms with Gasteiger partial charge >= 0.3 is 0 Å². The van der Waals surface area contributed by atoms with Gasteiger partial charge in [0, 0.05) is 11.5 Å². The molecule has 1 N–H and O–H groups in total. The van der Waals surface area contributed by atoms with Gasteiger partial charge in [-0.15, -0.1) is 0 Å². The number of ether oxygens (including phenoxy) is 1. The first kappa shape index (κ1) is 14.4. The molecule has 1 aromatic carbocycles. The first-order chi connectivity index (χ1) is 8.66. The van der Waals surface area contributed by atoms with Gasteiger partial charge < -0.3 is 9.84 Å². The molecule has 0 radical (unpaired) electrons. The lowest BCUT2D eigenvalue weighted by atomic mass is 9.95. The molecule has 0 heterocycles. The van der Waals surface area contributed by atoms with Crippen molar-refractivity contribution < 1.29 is 9.84 Å². The quantitative estimate of drug-likeness (QED) is 0.891. The zero-order valence-corrected chi connectivity index (χ0v) is 13.2. The minimum absolute atomic E-state index is 0.163. The maximum absolute atomic E-state index is 10.8. The van der Waals surface area contributed by atoms with Crippen molar-refractivity contribution in [3.05, 3.63) is 28.8 Å². The minimum Gasteiger partial charge on any atom is -0.496 e. The molecule has 0 aliphatic heterocycles. The predicted octanol–water partition coefficient (Wildman–Crippen LogP) is 4.03. The van der Waals surface area contributed by atoms with Crippen molar-refractivity contribution in [1.82, 2.24) is 0 Å².